The molecule has 0 aliphatic carbocycles. The van der Waals surface area contributed by atoms with Crippen LogP contribution in [0.2, 0.25) is 0 Å². The van der Waals surface area contributed by atoms with Gasteiger partial charge in [0.25, 0.3) is 0 Å². The summed E-state index contributed by atoms with van der Waals surface area (Å²) < 4.78 is 4.73. The average molecular weight is 325 g/mol. The molecule has 120 valence electrons. The highest BCUT2D eigenvalue weighted by molar-refractivity contribution is 7.99. The first kappa shape index (κ1) is 18.0. The fraction of sp³-hybridized carbons (Fsp3) is 0.357. The van der Waals surface area contributed by atoms with Crippen molar-refractivity contribution >= 4 is 40.9 Å². The smallest absolute Gasteiger partial charge is 0.250 e. The topological polar surface area (TPSA) is 111 Å². The Bertz CT molecular complexity index is 537. The van der Waals surface area contributed by atoms with E-state index in [0.717, 1.165) is 0 Å². The number of hydrogen-bond acceptors (Lipinski definition) is 5. The standard InChI is InChI=1S/C14H19N3O4S/c1-21-8-14(20)17-11-4-2-3-10(7-11)16-13(19)5-6-22-9-12(15)18/h2-4,7H,5-6,8-9H2,1H3,(H2,15,18)(H,16,19)(H,17,20). The van der Waals surface area contributed by atoms with E-state index in [0.29, 0.717) is 17.1 Å². The minimum Gasteiger partial charge on any atom is -0.375 e. The van der Waals surface area contributed by atoms with E-state index in [1.807, 2.05) is 0 Å². The molecule has 3 amide bonds. The zero-order valence-electron chi connectivity index (χ0n) is 12.3. The van der Waals surface area contributed by atoms with Crippen LogP contribution in [0.3, 0.4) is 0 Å². The lowest BCUT2D eigenvalue weighted by Gasteiger charge is -2.08. The molecule has 1 aromatic carbocycles. The van der Waals surface area contributed by atoms with Crippen molar-refractivity contribution in [2.24, 2.45) is 5.73 Å². The predicted molar refractivity (Wildman–Crippen MR) is 86.7 cm³/mol. The molecule has 0 unspecified atom stereocenters. The summed E-state index contributed by atoms with van der Waals surface area (Å²) in [6.45, 7) is -0.0341. The van der Waals surface area contributed by atoms with Crippen LogP contribution in [0.1, 0.15) is 6.42 Å². The van der Waals surface area contributed by atoms with Crippen molar-refractivity contribution in [1.82, 2.24) is 0 Å². The largest absolute Gasteiger partial charge is 0.375 e. The molecule has 0 saturated heterocycles. The van der Waals surface area contributed by atoms with Crippen LogP contribution >= 0.6 is 11.8 Å². The van der Waals surface area contributed by atoms with Gasteiger partial charge in [0.05, 0.1) is 5.75 Å². The number of rotatable bonds is 9. The number of ether oxygens (including phenoxy) is 1. The zero-order chi connectivity index (χ0) is 16.4. The van der Waals surface area contributed by atoms with Crippen LogP contribution in [0.4, 0.5) is 11.4 Å². The van der Waals surface area contributed by atoms with Crippen LogP contribution in [-0.2, 0) is 19.1 Å². The van der Waals surface area contributed by atoms with Crippen LogP contribution in [-0.4, -0.2) is 42.9 Å². The lowest BCUT2D eigenvalue weighted by molar-refractivity contribution is -0.119. The Balaban J connectivity index is 2.43. The number of methoxy groups -OCH3 is 1. The molecule has 0 radical (unpaired) electrons. The van der Waals surface area contributed by atoms with Gasteiger partial charge in [-0.2, -0.15) is 11.8 Å². The predicted octanol–water partition coefficient (Wildman–Crippen LogP) is 0.819. The van der Waals surface area contributed by atoms with Crippen molar-refractivity contribution in [2.75, 3.05) is 35.9 Å². The third-order valence-corrected chi connectivity index (χ3v) is 3.40. The molecule has 8 heteroatoms. The summed E-state index contributed by atoms with van der Waals surface area (Å²) in [5.41, 5.74) is 6.16. The van der Waals surface area contributed by atoms with Crippen LogP contribution in [0.25, 0.3) is 0 Å². The molecule has 1 rings (SSSR count). The zero-order valence-corrected chi connectivity index (χ0v) is 13.1. The van der Waals surface area contributed by atoms with E-state index in [1.54, 1.807) is 24.3 Å². The minimum atomic E-state index is -0.398. The van der Waals surface area contributed by atoms with Gasteiger partial charge in [-0.05, 0) is 18.2 Å². The summed E-state index contributed by atoms with van der Waals surface area (Å²) >= 11 is 1.31. The van der Waals surface area contributed by atoms with Gasteiger partial charge < -0.3 is 21.1 Å². The molecule has 0 aromatic heterocycles. The van der Waals surface area contributed by atoms with Crippen molar-refractivity contribution in [2.45, 2.75) is 6.42 Å². The molecule has 0 heterocycles. The number of anilines is 2. The Labute approximate surface area is 133 Å². The van der Waals surface area contributed by atoms with Gasteiger partial charge in [0.15, 0.2) is 0 Å². The summed E-state index contributed by atoms with van der Waals surface area (Å²) in [7, 11) is 1.44. The van der Waals surface area contributed by atoms with Gasteiger partial charge in [0.2, 0.25) is 17.7 Å². The summed E-state index contributed by atoms with van der Waals surface area (Å²) in [6, 6.07) is 6.81. The molecule has 1 aromatic rings. The molecule has 0 fully saturated rings. The number of nitrogens with two attached hydrogens (primary N) is 1. The minimum absolute atomic E-state index is 0.0341. The molecule has 0 atom stereocenters. The number of thioether (sulfide) groups is 1. The SMILES string of the molecule is COCC(=O)Nc1cccc(NC(=O)CCSCC(N)=O)c1. The highest BCUT2D eigenvalue weighted by Crippen LogP contribution is 2.15. The maximum atomic E-state index is 11.7. The third-order valence-electron chi connectivity index (χ3n) is 2.42. The van der Waals surface area contributed by atoms with E-state index < -0.39 is 5.91 Å². The molecular weight excluding hydrogens is 306 g/mol. The van der Waals surface area contributed by atoms with Crippen molar-refractivity contribution in [3.63, 3.8) is 0 Å². The van der Waals surface area contributed by atoms with Gasteiger partial charge >= 0.3 is 0 Å². The van der Waals surface area contributed by atoms with Gasteiger partial charge in [-0.25, -0.2) is 0 Å². The first-order valence-corrected chi connectivity index (χ1v) is 7.71. The first-order valence-electron chi connectivity index (χ1n) is 6.56. The van der Waals surface area contributed by atoms with Crippen molar-refractivity contribution in [1.29, 1.82) is 0 Å². The summed E-state index contributed by atoms with van der Waals surface area (Å²) in [4.78, 5) is 33.7. The lowest BCUT2D eigenvalue weighted by Crippen LogP contribution is -2.18. The van der Waals surface area contributed by atoms with E-state index in [-0.39, 0.29) is 30.6 Å². The fourth-order valence-corrected chi connectivity index (χ4v) is 2.24. The van der Waals surface area contributed by atoms with Crippen LogP contribution in [0, 0.1) is 0 Å². The Morgan fingerprint density at radius 3 is 2.41 bits per heavy atom. The number of nitrogens with one attached hydrogen (secondary N) is 2. The molecule has 0 aliphatic rings. The van der Waals surface area contributed by atoms with Crippen LogP contribution < -0.4 is 16.4 Å². The van der Waals surface area contributed by atoms with Crippen molar-refractivity contribution in [3.05, 3.63) is 24.3 Å². The molecule has 0 aliphatic heterocycles. The van der Waals surface area contributed by atoms with Gasteiger partial charge in [-0.15, -0.1) is 0 Å². The van der Waals surface area contributed by atoms with Gasteiger partial charge in [-0.3, -0.25) is 14.4 Å². The third kappa shape index (κ3) is 7.65. The first-order chi connectivity index (χ1) is 10.5. The Morgan fingerprint density at radius 1 is 1.18 bits per heavy atom. The number of carbonyl (C=O) groups excluding carboxylic acids is 3. The monoisotopic (exact) mass is 325 g/mol. The number of primary amides is 1. The Morgan fingerprint density at radius 2 is 1.82 bits per heavy atom. The van der Waals surface area contributed by atoms with E-state index in [4.69, 9.17) is 10.5 Å². The number of benzene rings is 1. The normalized spacial score (nSPS) is 10.0. The maximum absolute atomic E-state index is 11.7. The van der Waals surface area contributed by atoms with Crippen molar-refractivity contribution in [3.8, 4) is 0 Å². The summed E-state index contributed by atoms with van der Waals surface area (Å²) in [6.07, 6.45) is 0.276. The van der Waals surface area contributed by atoms with E-state index in [1.165, 1.54) is 18.9 Å². The second-order valence-electron chi connectivity index (χ2n) is 4.38. The van der Waals surface area contributed by atoms with E-state index in [2.05, 4.69) is 10.6 Å². The van der Waals surface area contributed by atoms with Crippen molar-refractivity contribution < 1.29 is 19.1 Å². The van der Waals surface area contributed by atoms with Crippen LogP contribution in [0.5, 0.6) is 0 Å². The molecule has 0 bridgehead atoms. The molecule has 0 spiro atoms. The second-order valence-corrected chi connectivity index (χ2v) is 5.48. The quantitative estimate of drug-likeness (QED) is 0.582. The fourth-order valence-electron chi connectivity index (χ4n) is 1.56. The lowest BCUT2D eigenvalue weighted by atomic mass is 10.2. The molecule has 22 heavy (non-hydrogen) atoms. The highest BCUT2D eigenvalue weighted by Gasteiger charge is 2.05. The van der Waals surface area contributed by atoms with E-state index in [9.17, 15) is 14.4 Å². The van der Waals surface area contributed by atoms with E-state index >= 15 is 0 Å². The van der Waals surface area contributed by atoms with Crippen LogP contribution in [0.15, 0.2) is 24.3 Å². The molecule has 0 saturated carbocycles. The number of carbonyl (C=O) groups is 3. The van der Waals surface area contributed by atoms with Gasteiger partial charge in [0.1, 0.15) is 6.61 Å². The molecule has 4 N–H and O–H groups in total. The van der Waals surface area contributed by atoms with Gasteiger partial charge in [0, 0.05) is 30.7 Å². The second kappa shape index (κ2) is 9.80. The number of hydrogen-bond donors (Lipinski definition) is 3. The average Bonchev–Trinajstić information content (AvgIpc) is 2.44. The molecule has 7 nitrogen and oxygen atoms in total. The Kier molecular flexibility index (Phi) is 8.01. The van der Waals surface area contributed by atoms with Gasteiger partial charge in [-0.1, -0.05) is 6.07 Å². The summed E-state index contributed by atoms with van der Waals surface area (Å²) in [5.74, 6) is -0.121. The number of amides is 3. The maximum Gasteiger partial charge on any atom is 0.250 e. The highest BCUT2D eigenvalue weighted by atomic mass is 32.2. The Hall–Kier alpha value is -2.06. The molecular formula is C14H19N3O4S. The summed E-state index contributed by atoms with van der Waals surface area (Å²) in [5, 5.41) is 5.38.